The highest BCUT2D eigenvalue weighted by molar-refractivity contribution is 6.00. The predicted octanol–water partition coefficient (Wildman–Crippen LogP) is 3.01. The third-order valence-electron chi connectivity index (χ3n) is 3.07. The number of carbonyl (C=O) groups is 1. The van der Waals surface area contributed by atoms with Gasteiger partial charge in [-0.1, -0.05) is 18.2 Å². The second kappa shape index (κ2) is 4.26. The Bertz CT molecular complexity index is 565. The molecule has 0 spiro atoms. The number of benzene rings is 2. The molecule has 2 aromatic carbocycles. The summed E-state index contributed by atoms with van der Waals surface area (Å²) < 4.78 is 18.4. The Morgan fingerprint density at radius 3 is 2.56 bits per heavy atom. The number of hydrogen-bond acceptors (Lipinski definition) is 2. The van der Waals surface area contributed by atoms with E-state index in [9.17, 15) is 9.18 Å². The summed E-state index contributed by atoms with van der Waals surface area (Å²) in [6.07, 6.45) is 0.0831. The summed E-state index contributed by atoms with van der Waals surface area (Å²) >= 11 is 0. The molecule has 2 nitrogen and oxygen atoms in total. The third kappa shape index (κ3) is 1.88. The average Bonchev–Trinajstić information content (AvgIpc) is 2.82. The maximum absolute atomic E-state index is 12.8. The quantitative estimate of drug-likeness (QED) is 0.757. The van der Waals surface area contributed by atoms with Crippen LogP contribution < -0.4 is 4.74 Å². The molecule has 90 valence electrons. The van der Waals surface area contributed by atoms with Gasteiger partial charge in [0, 0.05) is 12.0 Å². The van der Waals surface area contributed by atoms with E-state index in [2.05, 4.69) is 0 Å². The van der Waals surface area contributed by atoms with Crippen LogP contribution in [-0.2, 0) is 6.42 Å². The first kappa shape index (κ1) is 11.0. The van der Waals surface area contributed by atoms with E-state index in [1.165, 1.54) is 24.3 Å². The van der Waals surface area contributed by atoms with E-state index in [-0.39, 0.29) is 11.6 Å². The number of halogens is 1. The fraction of sp³-hybridized carbons (Fsp3) is 0.133. The minimum Gasteiger partial charge on any atom is -0.482 e. The third-order valence-corrected chi connectivity index (χ3v) is 3.07. The van der Waals surface area contributed by atoms with Gasteiger partial charge in [-0.2, -0.15) is 0 Å². The van der Waals surface area contributed by atoms with Crippen molar-refractivity contribution in [3.63, 3.8) is 0 Å². The smallest absolute Gasteiger partial charge is 0.203 e. The van der Waals surface area contributed by atoms with Crippen LogP contribution in [-0.4, -0.2) is 11.9 Å². The number of carbonyl (C=O) groups excluding carboxylic acids is 1. The van der Waals surface area contributed by atoms with Gasteiger partial charge in [-0.25, -0.2) is 4.39 Å². The SMILES string of the molecule is O=C(c1ccc(F)cc1)C1Cc2ccccc2O1. The van der Waals surface area contributed by atoms with Gasteiger partial charge >= 0.3 is 0 Å². The predicted molar refractivity (Wildman–Crippen MR) is 65.3 cm³/mol. The Hall–Kier alpha value is -2.16. The van der Waals surface area contributed by atoms with Crippen molar-refractivity contribution in [2.45, 2.75) is 12.5 Å². The molecule has 1 unspecified atom stereocenters. The average molecular weight is 242 g/mol. The van der Waals surface area contributed by atoms with Crippen LogP contribution in [0.2, 0.25) is 0 Å². The van der Waals surface area contributed by atoms with E-state index in [0.29, 0.717) is 12.0 Å². The largest absolute Gasteiger partial charge is 0.482 e. The minimum absolute atomic E-state index is 0.105. The Balaban J connectivity index is 1.82. The molecule has 0 bridgehead atoms. The zero-order chi connectivity index (χ0) is 12.5. The zero-order valence-corrected chi connectivity index (χ0v) is 9.60. The van der Waals surface area contributed by atoms with E-state index >= 15 is 0 Å². The lowest BCUT2D eigenvalue weighted by molar-refractivity contribution is 0.0824. The second-order valence-corrected chi connectivity index (χ2v) is 4.29. The van der Waals surface area contributed by atoms with Crippen LogP contribution in [0.3, 0.4) is 0 Å². The van der Waals surface area contributed by atoms with Crippen LogP contribution in [0.25, 0.3) is 0 Å². The summed E-state index contributed by atoms with van der Waals surface area (Å²) in [6.45, 7) is 0. The van der Waals surface area contributed by atoms with Gasteiger partial charge < -0.3 is 4.74 Å². The summed E-state index contributed by atoms with van der Waals surface area (Å²) in [5, 5.41) is 0. The summed E-state index contributed by atoms with van der Waals surface area (Å²) in [6, 6.07) is 13.2. The van der Waals surface area contributed by atoms with Crippen LogP contribution in [0.1, 0.15) is 15.9 Å². The second-order valence-electron chi connectivity index (χ2n) is 4.29. The number of ether oxygens (including phenoxy) is 1. The van der Waals surface area contributed by atoms with Crippen molar-refractivity contribution in [3.05, 3.63) is 65.5 Å². The van der Waals surface area contributed by atoms with Crippen LogP contribution in [0.4, 0.5) is 4.39 Å². The first-order valence-electron chi connectivity index (χ1n) is 5.78. The lowest BCUT2D eigenvalue weighted by atomic mass is 10.0. The Morgan fingerprint density at radius 2 is 1.83 bits per heavy atom. The summed E-state index contributed by atoms with van der Waals surface area (Å²) in [4.78, 5) is 12.2. The lowest BCUT2D eigenvalue weighted by Gasteiger charge is -2.09. The summed E-state index contributed by atoms with van der Waals surface area (Å²) in [5.74, 6) is 0.311. The maximum atomic E-state index is 12.8. The molecule has 0 N–H and O–H groups in total. The van der Waals surface area contributed by atoms with E-state index < -0.39 is 6.10 Å². The van der Waals surface area contributed by atoms with Crippen molar-refractivity contribution in [1.82, 2.24) is 0 Å². The van der Waals surface area contributed by atoms with Crippen molar-refractivity contribution in [2.24, 2.45) is 0 Å². The van der Waals surface area contributed by atoms with Crippen molar-refractivity contribution < 1.29 is 13.9 Å². The lowest BCUT2D eigenvalue weighted by Crippen LogP contribution is -2.25. The van der Waals surface area contributed by atoms with E-state index in [1.807, 2.05) is 24.3 Å². The van der Waals surface area contributed by atoms with Gasteiger partial charge in [0.15, 0.2) is 6.10 Å². The van der Waals surface area contributed by atoms with Gasteiger partial charge in [-0.05, 0) is 35.9 Å². The van der Waals surface area contributed by atoms with E-state index in [1.54, 1.807) is 0 Å². The number of ketones is 1. The number of Topliss-reactive ketones (excluding diaryl/α,β-unsaturated/α-hetero) is 1. The van der Waals surface area contributed by atoms with Gasteiger partial charge in [-0.15, -0.1) is 0 Å². The number of para-hydroxylation sites is 1. The fourth-order valence-corrected chi connectivity index (χ4v) is 2.13. The van der Waals surface area contributed by atoms with Gasteiger partial charge in [0.2, 0.25) is 5.78 Å². The van der Waals surface area contributed by atoms with Crippen LogP contribution >= 0.6 is 0 Å². The molecule has 18 heavy (non-hydrogen) atoms. The zero-order valence-electron chi connectivity index (χ0n) is 9.60. The van der Waals surface area contributed by atoms with Gasteiger partial charge in [-0.3, -0.25) is 4.79 Å². The molecule has 1 atom stereocenters. The van der Waals surface area contributed by atoms with E-state index in [0.717, 1.165) is 11.3 Å². The monoisotopic (exact) mass is 242 g/mol. The standard InChI is InChI=1S/C15H11FO2/c16-12-7-5-10(6-8-12)15(17)14-9-11-3-1-2-4-13(11)18-14/h1-8,14H,9H2. The highest BCUT2D eigenvalue weighted by Gasteiger charge is 2.29. The van der Waals surface area contributed by atoms with Gasteiger partial charge in [0.1, 0.15) is 11.6 Å². The number of rotatable bonds is 2. The molecule has 1 aliphatic rings. The molecular formula is C15H11FO2. The molecule has 3 heteroatoms. The Kier molecular flexibility index (Phi) is 2.59. The molecular weight excluding hydrogens is 231 g/mol. The van der Waals surface area contributed by atoms with Gasteiger partial charge in [0.25, 0.3) is 0 Å². The minimum atomic E-state index is -0.493. The summed E-state index contributed by atoms with van der Waals surface area (Å²) in [5.41, 5.74) is 1.52. The molecule has 0 fully saturated rings. The molecule has 0 aliphatic carbocycles. The van der Waals surface area contributed by atoms with E-state index in [4.69, 9.17) is 4.74 Å². The summed E-state index contributed by atoms with van der Waals surface area (Å²) in [7, 11) is 0. The molecule has 2 aromatic rings. The van der Waals surface area contributed by atoms with Crippen molar-refractivity contribution in [1.29, 1.82) is 0 Å². The van der Waals surface area contributed by atoms with Crippen molar-refractivity contribution in [2.75, 3.05) is 0 Å². The van der Waals surface area contributed by atoms with Crippen LogP contribution in [0, 0.1) is 5.82 Å². The van der Waals surface area contributed by atoms with Crippen molar-refractivity contribution in [3.8, 4) is 5.75 Å². The van der Waals surface area contributed by atoms with Crippen molar-refractivity contribution >= 4 is 5.78 Å². The molecule has 0 amide bonds. The molecule has 0 saturated carbocycles. The first-order valence-corrected chi connectivity index (χ1v) is 5.78. The fourth-order valence-electron chi connectivity index (χ4n) is 2.13. The highest BCUT2D eigenvalue weighted by atomic mass is 19.1. The molecule has 0 saturated heterocycles. The number of fused-ring (bicyclic) bond motifs is 1. The molecule has 1 heterocycles. The Labute approximate surface area is 104 Å². The molecule has 1 aliphatic heterocycles. The Morgan fingerprint density at radius 1 is 1.11 bits per heavy atom. The molecule has 0 radical (unpaired) electrons. The highest BCUT2D eigenvalue weighted by Crippen LogP contribution is 2.29. The molecule has 3 rings (SSSR count). The topological polar surface area (TPSA) is 26.3 Å². The normalized spacial score (nSPS) is 17.1. The van der Waals surface area contributed by atoms with Crippen LogP contribution in [0.5, 0.6) is 5.75 Å². The van der Waals surface area contributed by atoms with Crippen LogP contribution in [0.15, 0.2) is 48.5 Å². The van der Waals surface area contributed by atoms with Gasteiger partial charge in [0.05, 0.1) is 0 Å². The number of hydrogen-bond donors (Lipinski definition) is 0. The maximum Gasteiger partial charge on any atom is 0.203 e. The first-order chi connectivity index (χ1) is 8.74. The molecule has 0 aromatic heterocycles.